The summed E-state index contributed by atoms with van der Waals surface area (Å²) in [6.07, 6.45) is 3.87. The van der Waals surface area contributed by atoms with E-state index in [1.165, 1.54) is 30.0 Å². The molecule has 0 heterocycles. The molecule has 1 amide bonds. The zero-order valence-corrected chi connectivity index (χ0v) is 16.8. The molecule has 1 N–H and O–H groups in total. The number of ether oxygens (including phenoxy) is 2. The van der Waals surface area contributed by atoms with Crippen molar-refractivity contribution in [2.75, 3.05) is 11.9 Å². The lowest BCUT2D eigenvalue weighted by Gasteiger charge is -2.19. The van der Waals surface area contributed by atoms with E-state index in [4.69, 9.17) is 21.1 Å². The minimum absolute atomic E-state index is 0.213. The van der Waals surface area contributed by atoms with Crippen LogP contribution in [0.3, 0.4) is 0 Å². The Morgan fingerprint density at radius 1 is 1.11 bits per heavy atom. The van der Waals surface area contributed by atoms with Crippen molar-refractivity contribution >= 4 is 29.2 Å². The van der Waals surface area contributed by atoms with Gasteiger partial charge in [-0.3, -0.25) is 4.79 Å². The van der Waals surface area contributed by atoms with Crippen LogP contribution in [0.5, 0.6) is 5.75 Å². The number of amides is 1. The second kappa shape index (κ2) is 9.11. The first-order valence-corrected chi connectivity index (χ1v) is 9.91. The van der Waals surface area contributed by atoms with E-state index in [9.17, 15) is 9.59 Å². The fourth-order valence-corrected chi connectivity index (χ4v) is 3.45. The third-order valence-electron chi connectivity index (χ3n) is 4.73. The van der Waals surface area contributed by atoms with Crippen molar-refractivity contribution in [1.82, 2.24) is 0 Å². The van der Waals surface area contributed by atoms with Crippen molar-refractivity contribution in [2.45, 2.75) is 45.6 Å². The predicted molar refractivity (Wildman–Crippen MR) is 109 cm³/mol. The molecule has 2 aromatic rings. The summed E-state index contributed by atoms with van der Waals surface area (Å²) in [5.41, 5.74) is 3.33. The highest BCUT2D eigenvalue weighted by Crippen LogP contribution is 2.26. The van der Waals surface area contributed by atoms with Gasteiger partial charge in [-0.1, -0.05) is 17.7 Å². The maximum Gasteiger partial charge on any atom is 0.339 e. The first kappa shape index (κ1) is 20.2. The fourth-order valence-electron chi connectivity index (χ4n) is 3.25. The number of benzene rings is 2. The Hall–Kier alpha value is -2.53. The van der Waals surface area contributed by atoms with Gasteiger partial charge in [-0.15, -0.1) is 0 Å². The van der Waals surface area contributed by atoms with Gasteiger partial charge in [0.15, 0.2) is 6.10 Å². The molecule has 148 valence electrons. The van der Waals surface area contributed by atoms with Crippen LogP contribution in [-0.4, -0.2) is 24.6 Å². The lowest BCUT2D eigenvalue weighted by Crippen LogP contribution is -2.30. The van der Waals surface area contributed by atoms with Crippen LogP contribution in [0.15, 0.2) is 36.4 Å². The molecule has 0 saturated carbocycles. The average Bonchev–Trinajstić information content (AvgIpc) is 2.69. The van der Waals surface area contributed by atoms with Crippen LogP contribution in [0, 0.1) is 0 Å². The lowest BCUT2D eigenvalue weighted by molar-refractivity contribution is -0.122. The van der Waals surface area contributed by atoms with Crippen LogP contribution in [0.1, 0.15) is 48.2 Å². The normalized spacial score (nSPS) is 14.0. The molecule has 0 fully saturated rings. The molecule has 2 aromatic carbocycles. The van der Waals surface area contributed by atoms with Crippen LogP contribution in [0.4, 0.5) is 5.69 Å². The van der Waals surface area contributed by atoms with Gasteiger partial charge in [0.2, 0.25) is 0 Å². The van der Waals surface area contributed by atoms with Crippen molar-refractivity contribution in [3.05, 3.63) is 58.1 Å². The van der Waals surface area contributed by atoms with E-state index in [1.54, 1.807) is 26.0 Å². The number of aryl methyl sites for hydroxylation is 2. The summed E-state index contributed by atoms with van der Waals surface area (Å²) in [5, 5.41) is 3.03. The van der Waals surface area contributed by atoms with E-state index in [0.717, 1.165) is 12.8 Å². The van der Waals surface area contributed by atoms with E-state index in [-0.39, 0.29) is 23.1 Å². The largest absolute Gasteiger partial charge is 0.481 e. The molecule has 28 heavy (non-hydrogen) atoms. The Labute approximate surface area is 170 Å². The van der Waals surface area contributed by atoms with Gasteiger partial charge in [0.05, 0.1) is 17.2 Å². The van der Waals surface area contributed by atoms with Gasteiger partial charge in [0.25, 0.3) is 5.91 Å². The zero-order chi connectivity index (χ0) is 20.1. The predicted octanol–water partition coefficient (Wildman–Crippen LogP) is 4.80. The number of anilines is 1. The smallest absolute Gasteiger partial charge is 0.339 e. The van der Waals surface area contributed by atoms with Crippen LogP contribution < -0.4 is 10.1 Å². The second-order valence-electron chi connectivity index (χ2n) is 6.80. The molecule has 6 heteroatoms. The molecule has 0 bridgehead atoms. The summed E-state index contributed by atoms with van der Waals surface area (Å²) in [6, 6.07) is 10.7. The number of esters is 1. The Kier molecular flexibility index (Phi) is 6.57. The molecule has 1 atom stereocenters. The molecule has 0 radical (unpaired) electrons. The van der Waals surface area contributed by atoms with Crippen molar-refractivity contribution in [1.29, 1.82) is 0 Å². The summed E-state index contributed by atoms with van der Waals surface area (Å²) in [6.45, 7) is 3.66. The van der Waals surface area contributed by atoms with Gasteiger partial charge in [-0.2, -0.15) is 0 Å². The maximum absolute atomic E-state index is 12.5. The van der Waals surface area contributed by atoms with Gasteiger partial charge in [-0.25, -0.2) is 4.79 Å². The number of fused-ring (bicyclic) bond motifs is 1. The van der Waals surface area contributed by atoms with Crippen LogP contribution >= 0.6 is 11.6 Å². The van der Waals surface area contributed by atoms with Crippen molar-refractivity contribution in [2.24, 2.45) is 0 Å². The molecule has 3 rings (SSSR count). The van der Waals surface area contributed by atoms with Crippen molar-refractivity contribution in [3.8, 4) is 5.75 Å². The van der Waals surface area contributed by atoms with Gasteiger partial charge in [0.1, 0.15) is 5.75 Å². The third kappa shape index (κ3) is 4.84. The third-order valence-corrected chi connectivity index (χ3v) is 5.06. The molecule has 0 aromatic heterocycles. The molecular formula is C22H24ClNO4. The molecule has 1 aliphatic carbocycles. The van der Waals surface area contributed by atoms with E-state index < -0.39 is 12.1 Å². The van der Waals surface area contributed by atoms with Crippen LogP contribution in [0.25, 0.3) is 0 Å². The number of carbonyl (C=O) groups is 2. The Morgan fingerprint density at radius 3 is 2.61 bits per heavy atom. The van der Waals surface area contributed by atoms with Crippen LogP contribution in [-0.2, 0) is 22.4 Å². The maximum atomic E-state index is 12.5. The number of nitrogens with one attached hydrogen (secondary N) is 1. The van der Waals surface area contributed by atoms with Gasteiger partial charge < -0.3 is 14.8 Å². The van der Waals surface area contributed by atoms with E-state index in [2.05, 4.69) is 11.4 Å². The Morgan fingerprint density at radius 2 is 1.86 bits per heavy atom. The minimum Gasteiger partial charge on any atom is -0.481 e. The quantitative estimate of drug-likeness (QED) is 0.706. The minimum atomic E-state index is -0.691. The molecule has 0 spiro atoms. The van der Waals surface area contributed by atoms with E-state index >= 15 is 0 Å². The number of hydrogen-bond acceptors (Lipinski definition) is 4. The topological polar surface area (TPSA) is 64.6 Å². The van der Waals surface area contributed by atoms with Gasteiger partial charge >= 0.3 is 5.97 Å². The first-order valence-electron chi connectivity index (χ1n) is 9.54. The van der Waals surface area contributed by atoms with Crippen LogP contribution in [0.2, 0.25) is 5.02 Å². The molecule has 1 aliphatic rings. The molecule has 0 saturated heterocycles. The highest BCUT2D eigenvalue weighted by molar-refractivity contribution is 6.33. The Balaban J connectivity index is 1.66. The summed E-state index contributed by atoms with van der Waals surface area (Å²) < 4.78 is 10.8. The summed E-state index contributed by atoms with van der Waals surface area (Å²) in [7, 11) is 0. The summed E-state index contributed by atoms with van der Waals surface area (Å²) in [4.78, 5) is 24.5. The van der Waals surface area contributed by atoms with Crippen molar-refractivity contribution < 1.29 is 19.1 Å². The SMILES string of the molecule is CCOC(=O)c1cc(NC(=O)C(C)Oc2ccc3c(c2)CCCC3)ccc1Cl. The number of rotatable bonds is 6. The second-order valence-corrected chi connectivity index (χ2v) is 7.21. The average molecular weight is 402 g/mol. The molecular weight excluding hydrogens is 378 g/mol. The number of hydrogen-bond donors (Lipinski definition) is 1. The monoisotopic (exact) mass is 401 g/mol. The molecule has 5 nitrogen and oxygen atoms in total. The molecule has 1 unspecified atom stereocenters. The van der Waals surface area contributed by atoms with E-state index in [0.29, 0.717) is 11.4 Å². The summed E-state index contributed by atoms with van der Waals surface area (Å²) in [5.74, 6) is -0.150. The number of halogens is 1. The fraction of sp³-hybridized carbons (Fsp3) is 0.364. The zero-order valence-electron chi connectivity index (χ0n) is 16.1. The summed E-state index contributed by atoms with van der Waals surface area (Å²) >= 11 is 6.05. The standard InChI is InChI=1S/C22H24ClNO4/c1-3-27-22(26)19-13-17(9-11-20(19)23)24-21(25)14(2)28-18-10-8-15-6-4-5-7-16(15)12-18/h8-14H,3-7H2,1-2H3,(H,24,25). The van der Waals surface area contributed by atoms with Gasteiger partial charge in [0, 0.05) is 5.69 Å². The first-order chi connectivity index (χ1) is 13.5. The highest BCUT2D eigenvalue weighted by Gasteiger charge is 2.18. The lowest BCUT2D eigenvalue weighted by atomic mass is 9.92. The highest BCUT2D eigenvalue weighted by atomic mass is 35.5. The van der Waals surface area contributed by atoms with Gasteiger partial charge in [-0.05, 0) is 81.0 Å². The molecule has 0 aliphatic heterocycles. The Bertz CT molecular complexity index is 881. The van der Waals surface area contributed by atoms with Crippen molar-refractivity contribution in [3.63, 3.8) is 0 Å². The number of carbonyl (C=O) groups excluding carboxylic acids is 2. The van der Waals surface area contributed by atoms with E-state index in [1.807, 2.05) is 12.1 Å².